The topological polar surface area (TPSA) is 55.0 Å². The minimum absolute atomic E-state index is 0.140. The Bertz CT molecular complexity index is 932. The van der Waals surface area contributed by atoms with Crippen molar-refractivity contribution in [2.24, 2.45) is 5.41 Å². The molecule has 0 aliphatic carbocycles. The van der Waals surface area contributed by atoms with Crippen LogP contribution in [0.2, 0.25) is 0 Å². The molecule has 1 heterocycles. The SMILES string of the molecule is CCCCCOc1ccc(-c2cnc(-c3ccc(C(=O)C(C)(C)C)cc3)[nH]2)cc1. The molecule has 3 aromatic rings. The fourth-order valence-corrected chi connectivity index (χ4v) is 3.10. The van der Waals surface area contributed by atoms with Crippen molar-refractivity contribution in [3.63, 3.8) is 0 Å². The van der Waals surface area contributed by atoms with Crippen LogP contribution in [-0.2, 0) is 0 Å². The molecule has 0 fully saturated rings. The maximum Gasteiger partial charge on any atom is 0.168 e. The highest BCUT2D eigenvalue weighted by Crippen LogP contribution is 2.26. The van der Waals surface area contributed by atoms with E-state index in [2.05, 4.69) is 16.9 Å². The zero-order valence-corrected chi connectivity index (χ0v) is 17.8. The van der Waals surface area contributed by atoms with Crippen LogP contribution in [0.25, 0.3) is 22.6 Å². The number of hydrogen-bond acceptors (Lipinski definition) is 3. The number of aromatic amines is 1. The Kier molecular flexibility index (Phi) is 6.53. The summed E-state index contributed by atoms with van der Waals surface area (Å²) in [7, 11) is 0. The Labute approximate surface area is 173 Å². The van der Waals surface area contributed by atoms with Crippen LogP contribution in [-0.4, -0.2) is 22.4 Å². The molecule has 3 rings (SSSR count). The van der Waals surface area contributed by atoms with Crippen molar-refractivity contribution in [2.45, 2.75) is 47.0 Å². The molecule has 0 unspecified atom stereocenters. The number of aromatic nitrogens is 2. The molecule has 2 aromatic carbocycles. The molecule has 29 heavy (non-hydrogen) atoms. The average Bonchev–Trinajstić information content (AvgIpc) is 3.21. The molecule has 152 valence electrons. The number of nitrogens with one attached hydrogen (secondary N) is 1. The van der Waals surface area contributed by atoms with Gasteiger partial charge in [0.25, 0.3) is 0 Å². The molecule has 4 nitrogen and oxygen atoms in total. The Hall–Kier alpha value is -2.88. The van der Waals surface area contributed by atoms with Gasteiger partial charge in [0.1, 0.15) is 11.6 Å². The minimum Gasteiger partial charge on any atom is -0.494 e. The number of ketones is 1. The minimum atomic E-state index is -0.384. The van der Waals surface area contributed by atoms with Gasteiger partial charge in [-0.1, -0.05) is 64.8 Å². The van der Waals surface area contributed by atoms with Gasteiger partial charge in [-0.2, -0.15) is 0 Å². The summed E-state index contributed by atoms with van der Waals surface area (Å²) in [6.45, 7) is 8.75. The van der Waals surface area contributed by atoms with Crippen molar-refractivity contribution in [2.75, 3.05) is 6.61 Å². The van der Waals surface area contributed by atoms with Crippen molar-refractivity contribution in [1.29, 1.82) is 0 Å². The van der Waals surface area contributed by atoms with E-state index in [1.807, 2.05) is 75.5 Å². The summed E-state index contributed by atoms with van der Waals surface area (Å²) in [6.07, 6.45) is 5.31. The van der Waals surface area contributed by atoms with Crippen molar-refractivity contribution < 1.29 is 9.53 Å². The number of carbonyl (C=O) groups excluding carboxylic acids is 1. The van der Waals surface area contributed by atoms with Gasteiger partial charge < -0.3 is 9.72 Å². The molecule has 0 atom stereocenters. The van der Waals surface area contributed by atoms with Gasteiger partial charge >= 0.3 is 0 Å². The second-order valence-corrected chi connectivity index (χ2v) is 8.38. The number of benzene rings is 2. The Morgan fingerprint density at radius 3 is 2.24 bits per heavy atom. The second kappa shape index (κ2) is 9.08. The van der Waals surface area contributed by atoms with Gasteiger partial charge in [0.15, 0.2) is 5.78 Å². The van der Waals surface area contributed by atoms with Crippen molar-refractivity contribution in [3.8, 4) is 28.4 Å². The lowest BCUT2D eigenvalue weighted by Crippen LogP contribution is -2.19. The van der Waals surface area contributed by atoms with Crippen LogP contribution in [0.1, 0.15) is 57.3 Å². The highest BCUT2D eigenvalue weighted by atomic mass is 16.5. The average molecular weight is 391 g/mol. The molecule has 0 saturated heterocycles. The normalized spacial score (nSPS) is 11.4. The van der Waals surface area contributed by atoms with Gasteiger partial charge in [-0.25, -0.2) is 4.98 Å². The van der Waals surface area contributed by atoms with Gasteiger partial charge in [0, 0.05) is 16.5 Å². The molecular weight excluding hydrogens is 360 g/mol. The van der Waals surface area contributed by atoms with Gasteiger partial charge in [0.2, 0.25) is 0 Å². The summed E-state index contributed by atoms with van der Waals surface area (Å²) < 4.78 is 5.77. The third kappa shape index (κ3) is 5.35. The van der Waals surface area contributed by atoms with E-state index in [1.54, 1.807) is 0 Å². The van der Waals surface area contributed by atoms with Crippen LogP contribution in [0.4, 0.5) is 0 Å². The lowest BCUT2D eigenvalue weighted by atomic mass is 9.86. The number of H-pyrrole nitrogens is 1. The van der Waals surface area contributed by atoms with Gasteiger partial charge in [-0.05, 0) is 36.2 Å². The first kappa shape index (κ1) is 20.8. The summed E-state index contributed by atoms with van der Waals surface area (Å²) in [4.78, 5) is 20.3. The number of rotatable bonds is 8. The molecule has 4 heteroatoms. The van der Waals surface area contributed by atoms with Crippen LogP contribution in [0.15, 0.2) is 54.7 Å². The lowest BCUT2D eigenvalue weighted by molar-refractivity contribution is 0.0858. The van der Waals surface area contributed by atoms with Gasteiger partial charge in [-0.15, -0.1) is 0 Å². The number of Topliss-reactive ketones (excluding diaryl/α,β-unsaturated/α-hetero) is 1. The predicted octanol–water partition coefficient (Wildman–Crippen LogP) is 6.54. The fourth-order valence-electron chi connectivity index (χ4n) is 3.10. The molecule has 0 aliphatic heterocycles. The summed E-state index contributed by atoms with van der Waals surface area (Å²) in [5.74, 6) is 1.82. The maximum atomic E-state index is 12.4. The molecule has 0 radical (unpaired) electrons. The largest absolute Gasteiger partial charge is 0.494 e. The van der Waals surface area contributed by atoms with Crippen LogP contribution >= 0.6 is 0 Å². The first-order valence-electron chi connectivity index (χ1n) is 10.3. The molecule has 0 bridgehead atoms. The predicted molar refractivity (Wildman–Crippen MR) is 118 cm³/mol. The highest BCUT2D eigenvalue weighted by molar-refractivity contribution is 6.00. The summed E-state index contributed by atoms with van der Waals surface area (Å²) in [6, 6.07) is 15.7. The van der Waals surface area contributed by atoms with E-state index in [-0.39, 0.29) is 11.2 Å². The molecule has 0 aliphatic rings. The molecule has 1 aromatic heterocycles. The maximum absolute atomic E-state index is 12.4. The fraction of sp³-hybridized carbons (Fsp3) is 0.360. The third-order valence-electron chi connectivity index (χ3n) is 4.86. The Morgan fingerprint density at radius 1 is 0.966 bits per heavy atom. The van der Waals surface area contributed by atoms with Crippen LogP contribution in [0, 0.1) is 5.41 Å². The van der Waals surface area contributed by atoms with Crippen molar-refractivity contribution in [1.82, 2.24) is 9.97 Å². The number of nitrogens with zero attached hydrogens (tertiary/aromatic N) is 1. The monoisotopic (exact) mass is 390 g/mol. The molecule has 0 saturated carbocycles. The lowest BCUT2D eigenvalue weighted by Gasteiger charge is -2.16. The van der Waals surface area contributed by atoms with Crippen LogP contribution < -0.4 is 4.74 Å². The smallest absolute Gasteiger partial charge is 0.168 e. The summed E-state index contributed by atoms with van der Waals surface area (Å²) >= 11 is 0. The number of carbonyl (C=O) groups is 1. The van der Waals surface area contributed by atoms with Crippen LogP contribution in [0.3, 0.4) is 0 Å². The first-order chi connectivity index (χ1) is 13.9. The van der Waals surface area contributed by atoms with E-state index in [1.165, 1.54) is 12.8 Å². The summed E-state index contributed by atoms with van der Waals surface area (Å²) in [5.41, 5.74) is 3.31. The quantitative estimate of drug-likeness (QED) is 0.351. The number of ether oxygens (including phenoxy) is 1. The van der Waals surface area contributed by atoms with Crippen molar-refractivity contribution in [3.05, 3.63) is 60.3 Å². The molecule has 1 N–H and O–H groups in total. The molecule has 0 spiro atoms. The van der Waals surface area contributed by atoms with Crippen molar-refractivity contribution >= 4 is 5.78 Å². The van der Waals surface area contributed by atoms with E-state index in [0.29, 0.717) is 0 Å². The zero-order valence-electron chi connectivity index (χ0n) is 17.8. The highest BCUT2D eigenvalue weighted by Gasteiger charge is 2.22. The second-order valence-electron chi connectivity index (χ2n) is 8.38. The Balaban J connectivity index is 1.68. The third-order valence-corrected chi connectivity index (χ3v) is 4.86. The summed E-state index contributed by atoms with van der Waals surface area (Å²) in [5, 5.41) is 0. The first-order valence-corrected chi connectivity index (χ1v) is 10.3. The number of imidazole rings is 1. The Morgan fingerprint density at radius 2 is 1.62 bits per heavy atom. The number of unbranched alkanes of at least 4 members (excludes halogenated alkanes) is 2. The number of hydrogen-bond donors (Lipinski definition) is 1. The van der Waals surface area contributed by atoms with E-state index >= 15 is 0 Å². The van der Waals surface area contributed by atoms with Crippen LogP contribution in [0.5, 0.6) is 5.75 Å². The van der Waals surface area contributed by atoms with E-state index in [0.717, 1.165) is 47.0 Å². The molecule has 0 amide bonds. The van der Waals surface area contributed by atoms with E-state index in [4.69, 9.17) is 4.74 Å². The van der Waals surface area contributed by atoms with Gasteiger partial charge in [-0.3, -0.25) is 4.79 Å². The zero-order chi connectivity index (χ0) is 20.9. The van der Waals surface area contributed by atoms with E-state index < -0.39 is 0 Å². The molecular formula is C25H30N2O2. The standard InChI is InChI=1S/C25H30N2O2/c1-5-6-7-16-29-21-14-12-18(13-15-21)22-17-26-24(27-22)20-10-8-19(9-11-20)23(28)25(2,3)4/h8-15,17H,5-7,16H2,1-4H3,(H,26,27). The van der Waals surface area contributed by atoms with E-state index in [9.17, 15) is 4.79 Å². The van der Waals surface area contributed by atoms with Gasteiger partial charge in [0.05, 0.1) is 18.5 Å².